The Bertz CT molecular complexity index is 495. The lowest BCUT2D eigenvalue weighted by Gasteiger charge is -2.23. The summed E-state index contributed by atoms with van der Waals surface area (Å²) in [6.45, 7) is 6.84. The molecule has 5 nitrogen and oxygen atoms in total. The van der Waals surface area contributed by atoms with Crippen molar-refractivity contribution in [2.45, 2.75) is 33.2 Å². The number of anilines is 1. The Labute approximate surface area is 113 Å². The molecule has 1 aromatic carbocycles. The smallest absolute Gasteiger partial charge is 0.313 e. The Morgan fingerprint density at radius 3 is 2.42 bits per heavy atom. The van der Waals surface area contributed by atoms with Crippen LogP contribution in [0.25, 0.3) is 0 Å². The zero-order chi connectivity index (χ0) is 14.6. The summed E-state index contributed by atoms with van der Waals surface area (Å²) in [6, 6.07) is 5.48. The highest BCUT2D eigenvalue weighted by Gasteiger charge is 2.23. The van der Waals surface area contributed by atoms with Gasteiger partial charge in [-0.15, -0.1) is 0 Å². The van der Waals surface area contributed by atoms with E-state index in [0.717, 1.165) is 11.1 Å². The van der Waals surface area contributed by atoms with Crippen molar-refractivity contribution < 1.29 is 14.7 Å². The molecular weight excluding hydrogens is 244 g/mol. The molecule has 1 rings (SSSR count). The lowest BCUT2D eigenvalue weighted by atomic mass is 10.1. The van der Waals surface area contributed by atoms with Crippen LogP contribution in [0, 0.1) is 13.8 Å². The Hall–Kier alpha value is -1.88. The largest absolute Gasteiger partial charge is 0.394 e. The van der Waals surface area contributed by atoms with Crippen molar-refractivity contribution in [1.29, 1.82) is 0 Å². The maximum Gasteiger partial charge on any atom is 0.313 e. The molecule has 19 heavy (non-hydrogen) atoms. The van der Waals surface area contributed by atoms with Gasteiger partial charge in [0.1, 0.15) is 0 Å². The number of rotatable bonds is 3. The highest BCUT2D eigenvalue weighted by Crippen LogP contribution is 2.17. The van der Waals surface area contributed by atoms with E-state index in [1.54, 1.807) is 19.9 Å². The van der Waals surface area contributed by atoms with Crippen LogP contribution in [0.3, 0.4) is 0 Å². The Morgan fingerprint density at radius 2 is 1.84 bits per heavy atom. The average molecular weight is 264 g/mol. The van der Waals surface area contributed by atoms with Gasteiger partial charge in [0.05, 0.1) is 12.1 Å². The topological polar surface area (TPSA) is 78.4 Å². The SMILES string of the molecule is Cc1cccc(NC(=O)C(=O)NC(C)(C)CO)c1C. The van der Waals surface area contributed by atoms with Crippen LogP contribution < -0.4 is 10.6 Å². The van der Waals surface area contributed by atoms with Crippen LogP contribution in [0.2, 0.25) is 0 Å². The van der Waals surface area contributed by atoms with Gasteiger partial charge in [-0.1, -0.05) is 12.1 Å². The molecular formula is C14H20N2O3. The van der Waals surface area contributed by atoms with E-state index in [1.807, 2.05) is 26.0 Å². The fourth-order valence-corrected chi connectivity index (χ4v) is 1.47. The molecule has 0 radical (unpaired) electrons. The maximum atomic E-state index is 11.8. The molecule has 0 unspecified atom stereocenters. The minimum Gasteiger partial charge on any atom is -0.394 e. The van der Waals surface area contributed by atoms with Crippen LogP contribution in [0.15, 0.2) is 18.2 Å². The summed E-state index contributed by atoms with van der Waals surface area (Å²) in [6.07, 6.45) is 0. The highest BCUT2D eigenvalue weighted by atomic mass is 16.3. The number of aliphatic hydroxyl groups is 1. The van der Waals surface area contributed by atoms with Crippen molar-refractivity contribution in [3.8, 4) is 0 Å². The van der Waals surface area contributed by atoms with Crippen molar-refractivity contribution in [1.82, 2.24) is 5.32 Å². The molecule has 0 saturated carbocycles. The third-order valence-electron chi connectivity index (χ3n) is 2.91. The maximum absolute atomic E-state index is 11.8. The molecule has 5 heteroatoms. The second-order valence-electron chi connectivity index (χ2n) is 5.20. The molecule has 0 atom stereocenters. The molecule has 2 amide bonds. The number of carbonyl (C=O) groups excluding carboxylic acids is 2. The van der Waals surface area contributed by atoms with Gasteiger partial charge in [-0.05, 0) is 44.9 Å². The Balaban J connectivity index is 2.75. The number of amides is 2. The number of nitrogens with one attached hydrogen (secondary N) is 2. The van der Waals surface area contributed by atoms with E-state index in [4.69, 9.17) is 5.11 Å². The molecule has 3 N–H and O–H groups in total. The second kappa shape index (κ2) is 5.84. The molecule has 0 bridgehead atoms. The van der Waals surface area contributed by atoms with E-state index in [0.29, 0.717) is 5.69 Å². The predicted octanol–water partition coefficient (Wildman–Crippen LogP) is 1.13. The van der Waals surface area contributed by atoms with E-state index in [2.05, 4.69) is 10.6 Å². The standard InChI is InChI=1S/C14H20N2O3/c1-9-6-5-7-11(10(9)2)15-12(18)13(19)16-14(3,4)8-17/h5-7,17H,8H2,1-4H3,(H,15,18)(H,16,19). The third kappa shape index (κ3) is 4.06. The monoisotopic (exact) mass is 264 g/mol. The van der Waals surface area contributed by atoms with Gasteiger partial charge >= 0.3 is 11.8 Å². The number of carbonyl (C=O) groups is 2. The summed E-state index contributed by atoms with van der Waals surface area (Å²) in [7, 11) is 0. The summed E-state index contributed by atoms with van der Waals surface area (Å²) in [4.78, 5) is 23.4. The minimum absolute atomic E-state index is 0.241. The number of hydrogen-bond acceptors (Lipinski definition) is 3. The molecule has 0 heterocycles. The molecule has 104 valence electrons. The van der Waals surface area contributed by atoms with Gasteiger partial charge in [-0.25, -0.2) is 0 Å². The van der Waals surface area contributed by atoms with Gasteiger partial charge in [-0.3, -0.25) is 9.59 Å². The van der Waals surface area contributed by atoms with Gasteiger partial charge in [0.15, 0.2) is 0 Å². The molecule has 0 aliphatic carbocycles. The zero-order valence-corrected chi connectivity index (χ0v) is 11.7. The lowest BCUT2D eigenvalue weighted by Crippen LogP contribution is -2.50. The first-order valence-electron chi connectivity index (χ1n) is 6.07. The fraction of sp³-hybridized carbons (Fsp3) is 0.429. The van der Waals surface area contributed by atoms with E-state index in [1.165, 1.54) is 0 Å². The number of hydrogen-bond donors (Lipinski definition) is 3. The first-order chi connectivity index (χ1) is 8.76. The lowest BCUT2D eigenvalue weighted by molar-refractivity contribution is -0.137. The first-order valence-corrected chi connectivity index (χ1v) is 6.07. The second-order valence-corrected chi connectivity index (χ2v) is 5.20. The molecule has 0 aliphatic heterocycles. The number of aliphatic hydroxyl groups excluding tert-OH is 1. The van der Waals surface area contributed by atoms with Crippen molar-refractivity contribution in [3.05, 3.63) is 29.3 Å². The first kappa shape index (κ1) is 15.2. The molecule has 0 fully saturated rings. The van der Waals surface area contributed by atoms with Crippen LogP contribution in [-0.4, -0.2) is 29.1 Å². The van der Waals surface area contributed by atoms with Crippen molar-refractivity contribution in [2.24, 2.45) is 0 Å². The summed E-state index contributed by atoms with van der Waals surface area (Å²) >= 11 is 0. The van der Waals surface area contributed by atoms with Crippen LogP contribution >= 0.6 is 0 Å². The van der Waals surface area contributed by atoms with E-state index < -0.39 is 17.4 Å². The van der Waals surface area contributed by atoms with Crippen LogP contribution in [0.5, 0.6) is 0 Å². The summed E-state index contributed by atoms with van der Waals surface area (Å²) in [5.74, 6) is -1.50. The molecule has 0 aliphatic rings. The molecule has 0 saturated heterocycles. The van der Waals surface area contributed by atoms with Crippen molar-refractivity contribution in [3.63, 3.8) is 0 Å². The summed E-state index contributed by atoms with van der Waals surface area (Å²) < 4.78 is 0. The average Bonchev–Trinajstić information content (AvgIpc) is 2.34. The van der Waals surface area contributed by atoms with Crippen LogP contribution in [-0.2, 0) is 9.59 Å². The van der Waals surface area contributed by atoms with Crippen molar-refractivity contribution >= 4 is 17.5 Å². The Kier molecular flexibility index (Phi) is 4.67. The highest BCUT2D eigenvalue weighted by molar-refractivity contribution is 6.39. The van der Waals surface area contributed by atoms with Crippen LogP contribution in [0.1, 0.15) is 25.0 Å². The Morgan fingerprint density at radius 1 is 1.21 bits per heavy atom. The normalized spacial score (nSPS) is 11.0. The van der Waals surface area contributed by atoms with Crippen molar-refractivity contribution in [2.75, 3.05) is 11.9 Å². The molecule has 1 aromatic rings. The van der Waals surface area contributed by atoms with Gasteiger partial charge in [0.25, 0.3) is 0 Å². The summed E-state index contributed by atoms with van der Waals surface area (Å²) in [5.41, 5.74) is 1.75. The van der Waals surface area contributed by atoms with Gasteiger partial charge in [0.2, 0.25) is 0 Å². The van der Waals surface area contributed by atoms with Gasteiger partial charge in [-0.2, -0.15) is 0 Å². The van der Waals surface area contributed by atoms with E-state index in [-0.39, 0.29) is 6.61 Å². The molecule has 0 aromatic heterocycles. The van der Waals surface area contributed by atoms with E-state index >= 15 is 0 Å². The number of benzene rings is 1. The fourth-order valence-electron chi connectivity index (χ4n) is 1.47. The zero-order valence-electron chi connectivity index (χ0n) is 11.7. The van der Waals surface area contributed by atoms with Crippen LogP contribution in [0.4, 0.5) is 5.69 Å². The minimum atomic E-state index is -0.823. The quantitative estimate of drug-likeness (QED) is 0.716. The summed E-state index contributed by atoms with van der Waals surface area (Å²) in [5, 5.41) is 14.1. The molecule has 0 spiro atoms. The van der Waals surface area contributed by atoms with E-state index in [9.17, 15) is 9.59 Å². The van der Waals surface area contributed by atoms with Gasteiger partial charge in [0, 0.05) is 5.69 Å². The number of aryl methyl sites for hydroxylation is 1. The third-order valence-corrected chi connectivity index (χ3v) is 2.91. The van der Waals surface area contributed by atoms with Gasteiger partial charge < -0.3 is 15.7 Å². The predicted molar refractivity (Wildman–Crippen MR) is 73.9 cm³/mol.